The molecule has 0 amide bonds. The maximum atomic E-state index is 12.5. The van der Waals surface area contributed by atoms with Gasteiger partial charge < -0.3 is 20.1 Å². The molecule has 16 atom stereocenters. The molecule has 0 aromatic carbocycles. The van der Waals surface area contributed by atoms with Crippen LogP contribution in [0, 0.1) is 69.5 Å². The zero-order valence-corrected chi connectivity index (χ0v) is 28.2. The molecule has 0 bridgehead atoms. The van der Waals surface area contributed by atoms with Crippen molar-refractivity contribution in [3.8, 4) is 0 Å². The van der Waals surface area contributed by atoms with Gasteiger partial charge in [-0.05, 0) is 123 Å². The van der Waals surface area contributed by atoms with E-state index in [9.17, 15) is 15.3 Å². The number of fused-ring (bicyclic) bond motifs is 3. The molecular formula is C38H66O4. The molecule has 16 unspecified atom stereocenters. The minimum atomic E-state index is -0.551. The lowest BCUT2D eigenvalue weighted by Gasteiger charge is -2.72. The Bertz CT molecular complexity index is 945. The molecule has 6 rings (SSSR count). The molecule has 6 fully saturated rings. The first kappa shape index (κ1) is 31.8. The highest BCUT2D eigenvalue weighted by Gasteiger charge is 2.70. The molecule has 1 saturated heterocycles. The van der Waals surface area contributed by atoms with Crippen molar-refractivity contribution < 1.29 is 20.1 Å². The summed E-state index contributed by atoms with van der Waals surface area (Å²) in [5, 5.41) is 35.2. The van der Waals surface area contributed by atoms with Gasteiger partial charge in [0.25, 0.3) is 0 Å². The number of aliphatic hydroxyl groups is 3. The molecule has 0 aromatic heterocycles. The second-order valence-corrected chi connectivity index (χ2v) is 18.0. The fourth-order valence-corrected chi connectivity index (χ4v) is 13.7. The first-order chi connectivity index (χ1) is 19.8. The second kappa shape index (κ2) is 11.6. The normalized spacial score (nSPS) is 55.9. The fourth-order valence-electron chi connectivity index (χ4n) is 13.7. The average Bonchev–Trinajstić information content (AvgIpc) is 3.38. The molecule has 0 radical (unpaired) electrons. The summed E-state index contributed by atoms with van der Waals surface area (Å²) in [5.41, 5.74) is -0.283. The smallest absolute Gasteiger partial charge is 0.0656 e. The summed E-state index contributed by atoms with van der Waals surface area (Å²) in [6.07, 6.45) is 17.4. The van der Waals surface area contributed by atoms with Gasteiger partial charge in [-0.15, -0.1) is 0 Å². The number of aliphatic hydroxyl groups excluding tert-OH is 3. The molecule has 1 heterocycles. The SMILES string of the molecule is CC(O)C1C(C)CC2(C)CC3(C)CC4C(C5CCC(CCC6CCCCC6)O5)CCC(C)C4C(O)C3C(C)C2(C)C1O. The van der Waals surface area contributed by atoms with Crippen LogP contribution in [0.4, 0.5) is 0 Å². The van der Waals surface area contributed by atoms with Crippen LogP contribution < -0.4 is 0 Å². The molecule has 1 aliphatic heterocycles. The van der Waals surface area contributed by atoms with Crippen LogP contribution in [-0.2, 0) is 4.74 Å². The predicted octanol–water partition coefficient (Wildman–Crippen LogP) is 8.01. The van der Waals surface area contributed by atoms with Crippen LogP contribution in [0.3, 0.4) is 0 Å². The molecule has 4 heteroatoms. The highest BCUT2D eigenvalue weighted by atomic mass is 16.5. The minimum Gasteiger partial charge on any atom is -0.393 e. The van der Waals surface area contributed by atoms with E-state index >= 15 is 0 Å². The Labute approximate surface area is 258 Å². The van der Waals surface area contributed by atoms with Gasteiger partial charge in [0.05, 0.1) is 30.5 Å². The summed E-state index contributed by atoms with van der Waals surface area (Å²) in [6.45, 7) is 16.1. The third-order valence-electron chi connectivity index (χ3n) is 15.7. The summed E-state index contributed by atoms with van der Waals surface area (Å²) in [7, 11) is 0. The van der Waals surface area contributed by atoms with Crippen LogP contribution in [0.15, 0.2) is 0 Å². The van der Waals surface area contributed by atoms with Crippen molar-refractivity contribution in [2.75, 3.05) is 0 Å². The Hall–Kier alpha value is -0.160. The monoisotopic (exact) mass is 586 g/mol. The van der Waals surface area contributed by atoms with Gasteiger partial charge in [0.15, 0.2) is 0 Å². The van der Waals surface area contributed by atoms with Crippen LogP contribution in [0.5, 0.6) is 0 Å². The Morgan fingerprint density at radius 1 is 0.810 bits per heavy atom. The lowest BCUT2D eigenvalue weighted by molar-refractivity contribution is -0.280. The molecule has 0 spiro atoms. The van der Waals surface area contributed by atoms with E-state index in [1.165, 1.54) is 77.0 Å². The first-order valence-corrected chi connectivity index (χ1v) is 18.5. The Kier molecular flexibility index (Phi) is 8.76. The van der Waals surface area contributed by atoms with Crippen LogP contribution in [0.25, 0.3) is 0 Å². The number of hydrogen-bond acceptors (Lipinski definition) is 4. The first-order valence-electron chi connectivity index (χ1n) is 18.5. The standard InChI is InChI=1S/C38H66O4/c1-22-13-17-28(30-18-16-27(42-30)15-14-26-11-9-8-10-12-26)29-20-36(5)21-37(6)19-23(2)31(25(4)39)35(41)38(37,7)24(3)33(36)34(40)32(22)29/h22-35,39-41H,8-21H2,1-7H3. The van der Waals surface area contributed by atoms with E-state index in [1.54, 1.807) is 0 Å². The quantitative estimate of drug-likeness (QED) is 0.305. The maximum Gasteiger partial charge on any atom is 0.0656 e. The lowest BCUT2D eigenvalue weighted by atomic mass is 9.34. The highest BCUT2D eigenvalue weighted by molar-refractivity contribution is 5.18. The van der Waals surface area contributed by atoms with Crippen molar-refractivity contribution >= 4 is 0 Å². The molecule has 3 N–H and O–H groups in total. The molecular weight excluding hydrogens is 520 g/mol. The summed E-state index contributed by atoms with van der Waals surface area (Å²) in [5.74, 6) is 3.46. The number of rotatable bonds is 5. The van der Waals surface area contributed by atoms with Crippen molar-refractivity contribution in [1.29, 1.82) is 0 Å². The van der Waals surface area contributed by atoms with E-state index in [4.69, 9.17) is 4.74 Å². The van der Waals surface area contributed by atoms with E-state index in [0.717, 1.165) is 18.8 Å². The zero-order valence-electron chi connectivity index (χ0n) is 28.2. The summed E-state index contributed by atoms with van der Waals surface area (Å²) >= 11 is 0. The van der Waals surface area contributed by atoms with E-state index < -0.39 is 12.2 Å². The molecule has 5 aliphatic carbocycles. The summed E-state index contributed by atoms with van der Waals surface area (Å²) < 4.78 is 6.95. The van der Waals surface area contributed by atoms with Gasteiger partial charge in [0, 0.05) is 11.3 Å². The van der Waals surface area contributed by atoms with Gasteiger partial charge in [-0.1, -0.05) is 73.6 Å². The maximum absolute atomic E-state index is 12.5. The molecule has 242 valence electrons. The predicted molar refractivity (Wildman–Crippen MR) is 170 cm³/mol. The van der Waals surface area contributed by atoms with Crippen molar-refractivity contribution in [2.45, 2.75) is 169 Å². The third-order valence-corrected chi connectivity index (χ3v) is 15.7. The fraction of sp³-hybridized carbons (Fsp3) is 1.00. The Morgan fingerprint density at radius 2 is 1.52 bits per heavy atom. The van der Waals surface area contributed by atoms with Crippen molar-refractivity contribution in [3.05, 3.63) is 0 Å². The van der Waals surface area contributed by atoms with Gasteiger partial charge in [-0.2, -0.15) is 0 Å². The number of ether oxygens (including phenoxy) is 1. The van der Waals surface area contributed by atoms with Crippen molar-refractivity contribution in [3.63, 3.8) is 0 Å². The Balaban J connectivity index is 1.23. The lowest BCUT2D eigenvalue weighted by Crippen LogP contribution is -2.70. The Morgan fingerprint density at radius 3 is 2.21 bits per heavy atom. The highest BCUT2D eigenvalue weighted by Crippen LogP contribution is 2.73. The second-order valence-electron chi connectivity index (χ2n) is 18.0. The molecule has 42 heavy (non-hydrogen) atoms. The van der Waals surface area contributed by atoms with Crippen LogP contribution in [-0.4, -0.2) is 45.8 Å². The third kappa shape index (κ3) is 4.98. The van der Waals surface area contributed by atoms with Gasteiger partial charge in [0.2, 0.25) is 0 Å². The number of hydrogen-bond donors (Lipinski definition) is 3. The van der Waals surface area contributed by atoms with E-state index in [2.05, 4.69) is 41.5 Å². The van der Waals surface area contributed by atoms with E-state index in [0.29, 0.717) is 35.9 Å². The van der Waals surface area contributed by atoms with Crippen LogP contribution >= 0.6 is 0 Å². The summed E-state index contributed by atoms with van der Waals surface area (Å²) in [6, 6.07) is 0. The van der Waals surface area contributed by atoms with Gasteiger partial charge in [0.1, 0.15) is 0 Å². The van der Waals surface area contributed by atoms with E-state index in [1.807, 2.05) is 6.92 Å². The molecule has 0 aromatic rings. The average molecular weight is 587 g/mol. The van der Waals surface area contributed by atoms with Gasteiger partial charge in [-0.3, -0.25) is 0 Å². The topological polar surface area (TPSA) is 69.9 Å². The van der Waals surface area contributed by atoms with E-state index in [-0.39, 0.29) is 46.0 Å². The molecule has 6 aliphatic rings. The zero-order chi connectivity index (χ0) is 30.2. The van der Waals surface area contributed by atoms with Crippen LogP contribution in [0.2, 0.25) is 0 Å². The summed E-state index contributed by atoms with van der Waals surface area (Å²) in [4.78, 5) is 0. The van der Waals surface area contributed by atoms with Crippen molar-refractivity contribution in [2.24, 2.45) is 69.5 Å². The molecule has 4 nitrogen and oxygen atoms in total. The molecule has 5 saturated carbocycles. The van der Waals surface area contributed by atoms with Gasteiger partial charge >= 0.3 is 0 Å². The largest absolute Gasteiger partial charge is 0.393 e. The van der Waals surface area contributed by atoms with Crippen molar-refractivity contribution in [1.82, 2.24) is 0 Å². The van der Waals surface area contributed by atoms with Crippen LogP contribution in [0.1, 0.15) is 138 Å². The minimum absolute atomic E-state index is 0.0156. The van der Waals surface area contributed by atoms with Gasteiger partial charge in [-0.25, -0.2) is 0 Å².